The van der Waals surface area contributed by atoms with Gasteiger partial charge in [0.15, 0.2) is 11.6 Å². The second-order valence-electron chi connectivity index (χ2n) is 9.29. The van der Waals surface area contributed by atoms with E-state index in [1.807, 2.05) is 19.1 Å². The highest BCUT2D eigenvalue weighted by Crippen LogP contribution is 2.60. The van der Waals surface area contributed by atoms with E-state index in [1.54, 1.807) is 12.1 Å². The molecule has 0 radical (unpaired) electrons. The van der Waals surface area contributed by atoms with Crippen LogP contribution in [-0.2, 0) is 16.0 Å². The van der Waals surface area contributed by atoms with Crippen molar-refractivity contribution in [1.29, 1.82) is 0 Å². The lowest BCUT2D eigenvalue weighted by Gasteiger charge is -2.34. The number of carbonyl (C=O) groups excluding carboxylic acids is 2. The highest BCUT2D eigenvalue weighted by atomic mass is 19.2. The predicted octanol–water partition coefficient (Wildman–Crippen LogP) is 4.36. The zero-order valence-electron chi connectivity index (χ0n) is 19.8. The molecule has 1 atom stereocenters. The molecule has 10 heteroatoms. The minimum absolute atomic E-state index is 0.0410. The second kappa shape index (κ2) is 9.67. The summed E-state index contributed by atoms with van der Waals surface area (Å²) in [6.45, 7) is 3.99. The van der Waals surface area contributed by atoms with Crippen molar-refractivity contribution in [2.75, 3.05) is 29.9 Å². The summed E-state index contributed by atoms with van der Waals surface area (Å²) in [7, 11) is 0. The number of amides is 1. The number of esters is 1. The van der Waals surface area contributed by atoms with Crippen molar-refractivity contribution < 1.29 is 27.5 Å². The lowest BCUT2D eigenvalue weighted by molar-refractivity contribution is -0.145. The van der Waals surface area contributed by atoms with Crippen LogP contribution in [0.15, 0.2) is 46.9 Å². The molecular weight excluding hydrogens is 470 g/mol. The topological polar surface area (TPSA) is 97.6 Å². The molecule has 2 aliphatic rings. The number of halogens is 2. The number of carbonyl (C=O) groups is 2. The van der Waals surface area contributed by atoms with Gasteiger partial charge < -0.3 is 19.4 Å². The minimum atomic E-state index is -0.967. The maximum Gasteiger partial charge on any atom is 0.313 e. The van der Waals surface area contributed by atoms with Crippen molar-refractivity contribution in [2.24, 2.45) is 11.3 Å². The highest BCUT2D eigenvalue weighted by molar-refractivity contribution is 6.00. The van der Waals surface area contributed by atoms with Gasteiger partial charge in [-0.25, -0.2) is 8.78 Å². The molecule has 188 valence electrons. The third kappa shape index (κ3) is 4.93. The van der Waals surface area contributed by atoms with Crippen molar-refractivity contribution in [1.82, 2.24) is 10.2 Å². The van der Waals surface area contributed by atoms with Crippen LogP contribution in [0.1, 0.15) is 48.3 Å². The van der Waals surface area contributed by atoms with Crippen LogP contribution in [0, 0.1) is 23.0 Å². The van der Waals surface area contributed by atoms with Gasteiger partial charge in [-0.2, -0.15) is 0 Å². The molecule has 1 spiro atoms. The molecule has 1 unspecified atom stereocenters. The van der Waals surface area contributed by atoms with E-state index in [-0.39, 0.29) is 35.5 Å². The van der Waals surface area contributed by atoms with Gasteiger partial charge in [0.2, 0.25) is 5.89 Å². The third-order valence-electron chi connectivity index (χ3n) is 7.01. The van der Waals surface area contributed by atoms with E-state index in [0.29, 0.717) is 17.9 Å². The number of anilines is 2. The van der Waals surface area contributed by atoms with E-state index < -0.39 is 17.5 Å². The Morgan fingerprint density at radius 1 is 1.11 bits per heavy atom. The maximum absolute atomic E-state index is 13.4. The number of benzene rings is 2. The quantitative estimate of drug-likeness (QED) is 0.486. The molecule has 1 N–H and O–H groups in total. The van der Waals surface area contributed by atoms with Crippen molar-refractivity contribution in [3.8, 4) is 0 Å². The number of nitrogens with one attached hydrogen (secondary N) is 1. The van der Waals surface area contributed by atoms with Gasteiger partial charge in [0.25, 0.3) is 0 Å². The van der Waals surface area contributed by atoms with Crippen molar-refractivity contribution >= 4 is 23.3 Å². The fraction of sp³-hybridized carbons (Fsp3) is 0.385. The number of aromatic nitrogens is 2. The normalized spacial score (nSPS) is 18.2. The fourth-order valence-corrected chi connectivity index (χ4v) is 4.87. The van der Waals surface area contributed by atoms with E-state index in [9.17, 15) is 18.4 Å². The van der Waals surface area contributed by atoms with Gasteiger partial charge in [-0.05, 0) is 73.6 Å². The molecule has 1 aromatic heterocycles. The van der Waals surface area contributed by atoms with E-state index in [0.717, 1.165) is 50.2 Å². The Balaban J connectivity index is 1.14. The molecule has 1 aliphatic carbocycles. The monoisotopic (exact) mass is 496 g/mol. The molecular formula is C26H26F2N4O4. The Morgan fingerprint density at radius 3 is 2.56 bits per heavy atom. The molecule has 2 fully saturated rings. The van der Waals surface area contributed by atoms with E-state index in [4.69, 9.17) is 9.15 Å². The molecule has 1 saturated carbocycles. The fourth-order valence-electron chi connectivity index (χ4n) is 4.87. The van der Waals surface area contributed by atoms with Gasteiger partial charge in [0.05, 0.1) is 18.9 Å². The Kier molecular flexibility index (Phi) is 6.42. The molecule has 3 aromatic rings. The van der Waals surface area contributed by atoms with E-state index >= 15 is 0 Å². The molecule has 1 amide bonds. The summed E-state index contributed by atoms with van der Waals surface area (Å²) >= 11 is 0. The standard InChI is InChI=1S/C26H26F2N4O4/c1-2-35-25(34)19-15-26(19)9-11-32(12-10-26)18-6-4-17(5-7-18)29-23(33)24-31-30-22(36-24)14-16-3-8-20(27)21(28)13-16/h3-8,13,19H,2,9-12,14-15H2,1H3,(H,29,33). The SMILES string of the molecule is CCOC(=O)C1CC12CCN(c1ccc(NC(=O)c3nnc(Cc4ccc(F)c(F)c4)o3)cc1)CC2. The average molecular weight is 497 g/mol. The molecule has 2 aromatic carbocycles. The van der Waals surface area contributed by atoms with E-state index in [2.05, 4.69) is 20.4 Å². The van der Waals surface area contributed by atoms with Gasteiger partial charge in [-0.3, -0.25) is 9.59 Å². The summed E-state index contributed by atoms with van der Waals surface area (Å²) < 4.78 is 37.0. The van der Waals surface area contributed by atoms with Crippen LogP contribution in [0.5, 0.6) is 0 Å². The van der Waals surface area contributed by atoms with Crippen LogP contribution < -0.4 is 10.2 Å². The number of hydrogen-bond acceptors (Lipinski definition) is 7. The van der Waals surface area contributed by atoms with Gasteiger partial charge in [0, 0.05) is 24.5 Å². The first-order valence-electron chi connectivity index (χ1n) is 12.0. The van der Waals surface area contributed by atoms with Crippen molar-refractivity contribution in [2.45, 2.75) is 32.6 Å². The third-order valence-corrected chi connectivity index (χ3v) is 7.01. The lowest BCUT2D eigenvalue weighted by Crippen LogP contribution is -2.35. The number of hydrogen-bond donors (Lipinski definition) is 1. The largest absolute Gasteiger partial charge is 0.466 e. The summed E-state index contributed by atoms with van der Waals surface area (Å²) in [5, 5.41) is 10.3. The van der Waals surface area contributed by atoms with Crippen LogP contribution in [-0.4, -0.2) is 41.8 Å². The number of piperidine rings is 1. The number of ether oxygens (including phenoxy) is 1. The summed E-state index contributed by atoms with van der Waals surface area (Å²) in [4.78, 5) is 26.8. The van der Waals surface area contributed by atoms with Gasteiger partial charge in [-0.15, -0.1) is 10.2 Å². The summed E-state index contributed by atoms with van der Waals surface area (Å²) in [5.74, 6) is -2.60. The van der Waals surface area contributed by atoms with Gasteiger partial charge in [-0.1, -0.05) is 6.07 Å². The zero-order chi connectivity index (χ0) is 25.3. The van der Waals surface area contributed by atoms with Gasteiger partial charge in [0.1, 0.15) is 0 Å². The molecule has 1 aliphatic heterocycles. The average Bonchev–Trinajstić information content (AvgIpc) is 3.36. The van der Waals surface area contributed by atoms with Crippen LogP contribution in [0.25, 0.3) is 0 Å². The second-order valence-corrected chi connectivity index (χ2v) is 9.29. The molecule has 5 rings (SSSR count). The summed E-state index contributed by atoms with van der Waals surface area (Å²) in [6, 6.07) is 11.0. The Hall–Kier alpha value is -3.82. The molecule has 0 bridgehead atoms. The van der Waals surface area contributed by atoms with Gasteiger partial charge >= 0.3 is 17.8 Å². The lowest BCUT2D eigenvalue weighted by atomic mass is 9.90. The predicted molar refractivity (Wildman–Crippen MR) is 126 cm³/mol. The summed E-state index contributed by atoms with van der Waals surface area (Å²) in [6.07, 6.45) is 2.91. The smallest absolute Gasteiger partial charge is 0.313 e. The zero-order valence-corrected chi connectivity index (χ0v) is 19.8. The van der Waals surface area contributed by atoms with Crippen LogP contribution in [0.2, 0.25) is 0 Å². The molecule has 36 heavy (non-hydrogen) atoms. The first kappa shape index (κ1) is 23.9. The molecule has 2 heterocycles. The van der Waals surface area contributed by atoms with Crippen LogP contribution >= 0.6 is 0 Å². The van der Waals surface area contributed by atoms with Crippen molar-refractivity contribution in [3.05, 3.63) is 71.4 Å². The van der Waals surface area contributed by atoms with Crippen LogP contribution in [0.4, 0.5) is 20.2 Å². The Labute approximate surface area is 206 Å². The number of nitrogens with zero attached hydrogens (tertiary/aromatic N) is 3. The minimum Gasteiger partial charge on any atom is -0.466 e. The Morgan fingerprint density at radius 2 is 1.86 bits per heavy atom. The molecule has 1 saturated heterocycles. The van der Waals surface area contributed by atoms with E-state index in [1.165, 1.54) is 6.07 Å². The first-order valence-corrected chi connectivity index (χ1v) is 12.0. The molecule has 8 nitrogen and oxygen atoms in total. The summed E-state index contributed by atoms with van der Waals surface area (Å²) in [5.41, 5.74) is 2.16. The number of rotatable bonds is 7. The highest BCUT2D eigenvalue weighted by Gasteiger charge is 2.59. The van der Waals surface area contributed by atoms with Crippen molar-refractivity contribution in [3.63, 3.8) is 0 Å². The first-order chi connectivity index (χ1) is 17.4. The van der Waals surface area contributed by atoms with Crippen LogP contribution in [0.3, 0.4) is 0 Å². The maximum atomic E-state index is 13.4. The Bertz CT molecular complexity index is 1270.